The van der Waals surface area contributed by atoms with Crippen molar-refractivity contribution in [3.05, 3.63) is 0 Å². The lowest BCUT2D eigenvalue weighted by atomic mass is 9.79. The van der Waals surface area contributed by atoms with Crippen molar-refractivity contribution in [2.24, 2.45) is 11.8 Å². The Bertz CT molecular complexity index is 404. The van der Waals surface area contributed by atoms with Gasteiger partial charge in [-0.25, -0.2) is 0 Å². The number of hydroxylamine groups is 2. The van der Waals surface area contributed by atoms with E-state index in [0.717, 1.165) is 13.0 Å². The molecule has 0 aromatic rings. The molecule has 2 rings (SSSR count). The quantitative estimate of drug-likeness (QED) is 0.206. The molecular weight excluding hydrogens is 370 g/mol. The van der Waals surface area contributed by atoms with Gasteiger partial charge in [0.2, 0.25) is 0 Å². The summed E-state index contributed by atoms with van der Waals surface area (Å²) in [6.07, 6.45) is 22.6. The summed E-state index contributed by atoms with van der Waals surface area (Å²) in [5, 5.41) is 1.93. The smallest absolute Gasteiger partial charge is 0.0898 e. The summed E-state index contributed by atoms with van der Waals surface area (Å²) in [5.41, 5.74) is -0.297. The van der Waals surface area contributed by atoms with Crippen LogP contribution in [0.1, 0.15) is 144 Å². The predicted octanol–water partition coefficient (Wildman–Crippen LogP) is 8.62. The Balaban J connectivity index is 1.90. The van der Waals surface area contributed by atoms with Crippen molar-refractivity contribution >= 4 is 0 Å². The third kappa shape index (κ3) is 9.17. The highest BCUT2D eigenvalue weighted by atomic mass is 17.0. The predicted molar refractivity (Wildman–Crippen MR) is 128 cm³/mol. The molecule has 0 N–H and O–H groups in total. The number of rotatable bonds is 14. The SMILES string of the molecule is CCCCCCCCCN(OC(C)(C)C1CCCCC1)OC(C)(C)C1CCCCC1. The molecule has 0 spiro atoms. The fraction of sp³-hybridized carbons (Fsp3) is 1.00. The molecule has 0 aromatic carbocycles. The first-order valence-corrected chi connectivity index (χ1v) is 13.5. The summed E-state index contributed by atoms with van der Waals surface area (Å²) in [7, 11) is 0. The normalized spacial score (nSPS) is 20.2. The maximum atomic E-state index is 6.66. The fourth-order valence-corrected chi connectivity index (χ4v) is 5.58. The molecule has 0 amide bonds. The van der Waals surface area contributed by atoms with Crippen LogP contribution in [0.2, 0.25) is 0 Å². The van der Waals surface area contributed by atoms with Gasteiger partial charge >= 0.3 is 0 Å². The standard InChI is InChI=1S/C27H53NO2/c1-6-7-8-9-10-11-18-23-28(29-26(2,3)24-19-14-12-15-20-24)30-27(4,5)25-21-16-13-17-22-25/h24-25H,6-23H2,1-5H3. The Hall–Kier alpha value is -0.120. The minimum atomic E-state index is -0.149. The molecule has 0 heterocycles. The van der Waals surface area contributed by atoms with Gasteiger partial charge in [0.05, 0.1) is 17.7 Å². The molecule has 0 atom stereocenters. The Morgan fingerprint density at radius 3 is 1.43 bits per heavy atom. The zero-order chi connectivity index (χ0) is 21.9. The van der Waals surface area contributed by atoms with Crippen LogP contribution in [-0.4, -0.2) is 23.0 Å². The van der Waals surface area contributed by atoms with Gasteiger partial charge in [0.25, 0.3) is 0 Å². The van der Waals surface area contributed by atoms with Crippen LogP contribution in [0.25, 0.3) is 0 Å². The van der Waals surface area contributed by atoms with Crippen molar-refractivity contribution in [3.8, 4) is 0 Å². The van der Waals surface area contributed by atoms with E-state index < -0.39 is 0 Å². The van der Waals surface area contributed by atoms with Crippen LogP contribution < -0.4 is 0 Å². The van der Waals surface area contributed by atoms with Crippen molar-refractivity contribution in [2.45, 2.75) is 155 Å². The molecule has 0 saturated heterocycles. The summed E-state index contributed by atoms with van der Waals surface area (Å²) in [4.78, 5) is 13.3. The van der Waals surface area contributed by atoms with Crippen LogP contribution in [0, 0.1) is 11.8 Å². The first-order valence-electron chi connectivity index (χ1n) is 13.5. The maximum Gasteiger partial charge on any atom is 0.0898 e. The number of nitrogens with zero attached hydrogens (tertiary/aromatic N) is 1. The van der Waals surface area contributed by atoms with Gasteiger partial charge in [0.15, 0.2) is 0 Å². The first-order chi connectivity index (χ1) is 14.3. The van der Waals surface area contributed by atoms with Crippen LogP contribution in [0.3, 0.4) is 0 Å². The number of hydrogen-bond donors (Lipinski definition) is 0. The van der Waals surface area contributed by atoms with Gasteiger partial charge in [-0.1, -0.05) is 89.2 Å². The molecule has 2 aliphatic rings. The van der Waals surface area contributed by atoms with Gasteiger partial charge < -0.3 is 0 Å². The van der Waals surface area contributed by atoms with Gasteiger partial charge in [0.1, 0.15) is 0 Å². The van der Waals surface area contributed by atoms with E-state index in [2.05, 4.69) is 34.6 Å². The monoisotopic (exact) mass is 423 g/mol. The van der Waals surface area contributed by atoms with E-state index in [1.54, 1.807) is 0 Å². The molecule has 30 heavy (non-hydrogen) atoms. The summed E-state index contributed by atoms with van der Waals surface area (Å²) >= 11 is 0. The Morgan fingerprint density at radius 1 is 0.600 bits per heavy atom. The third-order valence-electron chi connectivity index (χ3n) is 7.80. The first kappa shape index (κ1) is 26.1. The molecule has 2 fully saturated rings. The van der Waals surface area contributed by atoms with Crippen LogP contribution in [0.5, 0.6) is 0 Å². The molecule has 0 unspecified atom stereocenters. The van der Waals surface area contributed by atoms with Crippen LogP contribution >= 0.6 is 0 Å². The lowest BCUT2D eigenvalue weighted by Gasteiger charge is -2.44. The lowest BCUT2D eigenvalue weighted by molar-refractivity contribution is -0.445. The van der Waals surface area contributed by atoms with Crippen molar-refractivity contribution in [3.63, 3.8) is 0 Å². The second-order valence-corrected chi connectivity index (χ2v) is 11.2. The molecule has 2 aliphatic carbocycles. The van der Waals surface area contributed by atoms with Crippen molar-refractivity contribution in [1.29, 1.82) is 0 Å². The minimum Gasteiger partial charge on any atom is -0.268 e. The van der Waals surface area contributed by atoms with Crippen molar-refractivity contribution < 1.29 is 9.68 Å². The Kier molecular flexibility index (Phi) is 11.7. The van der Waals surface area contributed by atoms with E-state index in [4.69, 9.17) is 9.68 Å². The van der Waals surface area contributed by atoms with Crippen LogP contribution in [-0.2, 0) is 9.68 Å². The average Bonchev–Trinajstić information content (AvgIpc) is 2.74. The average molecular weight is 424 g/mol. The molecule has 0 aromatic heterocycles. The van der Waals surface area contributed by atoms with Crippen molar-refractivity contribution in [1.82, 2.24) is 5.23 Å². The van der Waals surface area contributed by atoms with Gasteiger partial charge in [-0.3, -0.25) is 9.68 Å². The largest absolute Gasteiger partial charge is 0.268 e. The molecule has 178 valence electrons. The maximum absolute atomic E-state index is 6.66. The van der Waals surface area contributed by atoms with Gasteiger partial charge in [-0.2, -0.15) is 0 Å². The van der Waals surface area contributed by atoms with E-state index in [1.807, 2.05) is 5.23 Å². The molecule has 3 heteroatoms. The second kappa shape index (κ2) is 13.4. The van der Waals surface area contributed by atoms with Crippen LogP contribution in [0.4, 0.5) is 0 Å². The van der Waals surface area contributed by atoms with E-state index >= 15 is 0 Å². The topological polar surface area (TPSA) is 21.7 Å². The zero-order valence-electron chi connectivity index (χ0n) is 21.1. The lowest BCUT2D eigenvalue weighted by Crippen LogP contribution is -2.48. The Labute approximate surface area is 188 Å². The molecule has 0 radical (unpaired) electrons. The van der Waals surface area contributed by atoms with E-state index in [-0.39, 0.29) is 11.2 Å². The summed E-state index contributed by atoms with van der Waals surface area (Å²) < 4.78 is 0. The molecule has 0 bridgehead atoms. The Morgan fingerprint density at radius 2 is 1.00 bits per heavy atom. The number of unbranched alkanes of at least 4 members (excludes halogenated alkanes) is 6. The van der Waals surface area contributed by atoms with E-state index in [1.165, 1.54) is 103 Å². The van der Waals surface area contributed by atoms with Gasteiger partial charge in [0, 0.05) is 0 Å². The van der Waals surface area contributed by atoms with Crippen LogP contribution in [0.15, 0.2) is 0 Å². The van der Waals surface area contributed by atoms with Gasteiger partial charge in [-0.15, -0.1) is 0 Å². The minimum absolute atomic E-state index is 0.149. The highest BCUT2D eigenvalue weighted by Gasteiger charge is 2.38. The van der Waals surface area contributed by atoms with E-state index in [9.17, 15) is 0 Å². The van der Waals surface area contributed by atoms with Crippen molar-refractivity contribution in [2.75, 3.05) is 6.54 Å². The fourth-order valence-electron chi connectivity index (χ4n) is 5.58. The third-order valence-corrected chi connectivity index (χ3v) is 7.80. The summed E-state index contributed by atoms with van der Waals surface area (Å²) in [6, 6.07) is 0. The van der Waals surface area contributed by atoms with E-state index in [0.29, 0.717) is 11.8 Å². The number of hydrogen-bond acceptors (Lipinski definition) is 3. The highest BCUT2D eigenvalue weighted by molar-refractivity contribution is 4.83. The summed E-state index contributed by atoms with van der Waals surface area (Å²) in [6.45, 7) is 12.3. The molecule has 2 saturated carbocycles. The zero-order valence-corrected chi connectivity index (χ0v) is 21.1. The molecular formula is C27H53NO2. The summed E-state index contributed by atoms with van der Waals surface area (Å²) in [5.74, 6) is 1.29. The van der Waals surface area contributed by atoms with Gasteiger partial charge in [-0.05, 0) is 71.6 Å². The highest BCUT2D eigenvalue weighted by Crippen LogP contribution is 2.38. The second-order valence-electron chi connectivity index (χ2n) is 11.2. The molecule has 3 nitrogen and oxygen atoms in total. The molecule has 0 aliphatic heterocycles.